The predicted octanol–water partition coefficient (Wildman–Crippen LogP) is 2.82. The molecule has 0 saturated carbocycles. The van der Waals surface area contributed by atoms with E-state index in [4.69, 9.17) is 5.21 Å². The maximum absolute atomic E-state index is 8.49. The Bertz CT molecular complexity index is 371. The van der Waals surface area contributed by atoms with Crippen molar-refractivity contribution in [2.45, 2.75) is 33.6 Å². The Hall–Kier alpha value is -1.58. The summed E-state index contributed by atoms with van der Waals surface area (Å²) in [5.41, 5.74) is 1.94. The Kier molecular flexibility index (Phi) is 5.46. The van der Waals surface area contributed by atoms with Crippen molar-refractivity contribution >= 4 is 12.0 Å². The van der Waals surface area contributed by atoms with Crippen LogP contribution in [0.5, 0.6) is 0 Å². The second kappa shape index (κ2) is 6.89. The van der Waals surface area contributed by atoms with E-state index < -0.39 is 0 Å². The molecule has 0 aliphatic rings. The quantitative estimate of drug-likeness (QED) is 0.468. The van der Waals surface area contributed by atoms with Gasteiger partial charge in [0.15, 0.2) is 0 Å². The molecule has 0 spiro atoms. The van der Waals surface area contributed by atoms with Crippen molar-refractivity contribution in [3.63, 3.8) is 0 Å². The van der Waals surface area contributed by atoms with Crippen LogP contribution < -0.4 is 4.90 Å². The maximum Gasteiger partial charge on any atom is 0.131 e. The van der Waals surface area contributed by atoms with Crippen molar-refractivity contribution in [1.82, 2.24) is 4.98 Å². The van der Waals surface area contributed by atoms with Gasteiger partial charge in [0.05, 0.1) is 6.21 Å². The van der Waals surface area contributed by atoms with Gasteiger partial charge < -0.3 is 10.1 Å². The first-order valence-electron chi connectivity index (χ1n) is 6.11. The normalized spacial score (nSPS) is 11.0. The highest BCUT2D eigenvalue weighted by atomic mass is 16.4. The van der Waals surface area contributed by atoms with Crippen molar-refractivity contribution in [3.05, 3.63) is 23.4 Å². The summed E-state index contributed by atoms with van der Waals surface area (Å²) in [7, 11) is 0. The molecule has 0 saturated heterocycles. The number of anilines is 1. The Morgan fingerprint density at radius 2 is 2.00 bits per heavy atom. The Balaban J connectivity index is 2.95. The van der Waals surface area contributed by atoms with Crippen molar-refractivity contribution in [3.8, 4) is 0 Å². The molecule has 94 valence electrons. The smallest absolute Gasteiger partial charge is 0.131 e. The summed E-state index contributed by atoms with van der Waals surface area (Å²) in [5, 5.41) is 11.5. The number of hydrogen-bond donors (Lipinski definition) is 1. The van der Waals surface area contributed by atoms with Crippen LogP contribution in [0.3, 0.4) is 0 Å². The largest absolute Gasteiger partial charge is 0.411 e. The van der Waals surface area contributed by atoms with E-state index in [1.54, 1.807) is 6.20 Å². The van der Waals surface area contributed by atoms with E-state index in [-0.39, 0.29) is 0 Å². The van der Waals surface area contributed by atoms with Gasteiger partial charge in [0, 0.05) is 24.8 Å². The highest BCUT2D eigenvalue weighted by molar-refractivity contribution is 5.79. The van der Waals surface area contributed by atoms with Crippen molar-refractivity contribution in [2.75, 3.05) is 18.0 Å². The highest BCUT2D eigenvalue weighted by Gasteiger charge is 2.09. The molecule has 0 fully saturated rings. The second-order valence-corrected chi connectivity index (χ2v) is 4.14. The van der Waals surface area contributed by atoms with Crippen LogP contribution in [-0.4, -0.2) is 29.5 Å². The van der Waals surface area contributed by atoms with Gasteiger partial charge in [0.1, 0.15) is 5.82 Å². The summed E-state index contributed by atoms with van der Waals surface area (Å²) in [4.78, 5) is 6.76. The monoisotopic (exact) mass is 235 g/mol. The zero-order chi connectivity index (χ0) is 12.7. The average molecular weight is 235 g/mol. The minimum absolute atomic E-state index is 0.821. The van der Waals surface area contributed by atoms with E-state index in [9.17, 15) is 0 Å². The third-order valence-electron chi connectivity index (χ3n) is 2.57. The van der Waals surface area contributed by atoms with Gasteiger partial charge in [0.2, 0.25) is 0 Å². The SMILES string of the molecule is CCCN(CCC)c1ncc(/C=N/O)cc1C. The highest BCUT2D eigenvalue weighted by Crippen LogP contribution is 2.18. The van der Waals surface area contributed by atoms with Crippen molar-refractivity contribution in [2.24, 2.45) is 5.16 Å². The van der Waals surface area contributed by atoms with Crippen LogP contribution in [-0.2, 0) is 0 Å². The molecule has 0 bridgehead atoms. The first-order chi connectivity index (χ1) is 8.22. The van der Waals surface area contributed by atoms with Crippen LogP contribution in [0.1, 0.15) is 37.8 Å². The van der Waals surface area contributed by atoms with Gasteiger partial charge in [0.25, 0.3) is 0 Å². The summed E-state index contributed by atoms with van der Waals surface area (Å²) < 4.78 is 0. The van der Waals surface area contributed by atoms with Crippen LogP contribution >= 0.6 is 0 Å². The van der Waals surface area contributed by atoms with E-state index >= 15 is 0 Å². The predicted molar refractivity (Wildman–Crippen MR) is 71.1 cm³/mol. The third kappa shape index (κ3) is 3.73. The number of aromatic nitrogens is 1. The molecule has 17 heavy (non-hydrogen) atoms. The van der Waals surface area contributed by atoms with E-state index in [1.165, 1.54) is 6.21 Å². The van der Waals surface area contributed by atoms with Crippen molar-refractivity contribution in [1.29, 1.82) is 0 Å². The van der Waals surface area contributed by atoms with E-state index in [1.807, 2.05) is 13.0 Å². The van der Waals surface area contributed by atoms with Crippen LogP contribution in [0.4, 0.5) is 5.82 Å². The van der Waals surface area contributed by atoms with Gasteiger partial charge in [-0.1, -0.05) is 19.0 Å². The molecule has 0 unspecified atom stereocenters. The molecule has 0 aromatic carbocycles. The van der Waals surface area contributed by atoms with Gasteiger partial charge in [-0.2, -0.15) is 0 Å². The molecular weight excluding hydrogens is 214 g/mol. The number of oxime groups is 1. The molecule has 1 aromatic rings. The molecule has 1 N–H and O–H groups in total. The molecule has 0 atom stereocenters. The minimum Gasteiger partial charge on any atom is -0.411 e. The summed E-state index contributed by atoms with van der Waals surface area (Å²) in [6.07, 6.45) is 5.36. The maximum atomic E-state index is 8.49. The van der Waals surface area contributed by atoms with Gasteiger partial charge in [-0.25, -0.2) is 4.98 Å². The summed E-state index contributed by atoms with van der Waals surface area (Å²) in [5.74, 6) is 1.03. The van der Waals surface area contributed by atoms with E-state index in [0.717, 1.165) is 42.9 Å². The molecule has 4 nitrogen and oxygen atoms in total. The molecule has 0 aliphatic heterocycles. The van der Waals surface area contributed by atoms with Crippen molar-refractivity contribution < 1.29 is 5.21 Å². The van der Waals surface area contributed by atoms with Gasteiger partial charge in [-0.05, 0) is 31.4 Å². The zero-order valence-corrected chi connectivity index (χ0v) is 10.8. The second-order valence-electron chi connectivity index (χ2n) is 4.14. The topological polar surface area (TPSA) is 48.7 Å². The molecule has 0 amide bonds. The fourth-order valence-electron chi connectivity index (χ4n) is 1.92. The number of rotatable bonds is 6. The summed E-state index contributed by atoms with van der Waals surface area (Å²) >= 11 is 0. The van der Waals surface area contributed by atoms with E-state index in [2.05, 4.69) is 28.9 Å². The lowest BCUT2D eigenvalue weighted by molar-refractivity contribution is 0.322. The van der Waals surface area contributed by atoms with Crippen LogP contribution in [0.15, 0.2) is 17.4 Å². The number of aryl methyl sites for hydroxylation is 1. The molecule has 0 aliphatic carbocycles. The van der Waals surface area contributed by atoms with Gasteiger partial charge >= 0.3 is 0 Å². The summed E-state index contributed by atoms with van der Waals surface area (Å²) in [6, 6.07) is 1.99. The standard InChI is InChI=1S/C13H21N3O/c1-4-6-16(7-5-2)13-11(3)8-12(9-14-13)10-15-17/h8-10,17H,4-7H2,1-3H3/b15-10+. The molecular formula is C13H21N3O. The number of hydrogen-bond acceptors (Lipinski definition) is 4. The first kappa shape index (κ1) is 13.5. The Labute approximate surface area is 103 Å². The number of pyridine rings is 1. The fraction of sp³-hybridized carbons (Fsp3) is 0.538. The molecule has 1 rings (SSSR count). The number of nitrogens with zero attached hydrogens (tertiary/aromatic N) is 3. The van der Waals surface area contributed by atoms with Crippen LogP contribution in [0.2, 0.25) is 0 Å². The van der Waals surface area contributed by atoms with Gasteiger partial charge in [-0.3, -0.25) is 0 Å². The average Bonchev–Trinajstić information content (AvgIpc) is 2.29. The Morgan fingerprint density at radius 1 is 1.35 bits per heavy atom. The Morgan fingerprint density at radius 3 is 2.47 bits per heavy atom. The minimum atomic E-state index is 0.821. The zero-order valence-electron chi connectivity index (χ0n) is 10.8. The summed E-state index contributed by atoms with van der Waals surface area (Å²) in [6.45, 7) is 8.43. The molecule has 4 heteroatoms. The molecule has 1 aromatic heterocycles. The third-order valence-corrected chi connectivity index (χ3v) is 2.57. The van der Waals surface area contributed by atoms with Crippen LogP contribution in [0.25, 0.3) is 0 Å². The molecule has 1 heterocycles. The fourth-order valence-corrected chi connectivity index (χ4v) is 1.92. The lowest BCUT2D eigenvalue weighted by Crippen LogP contribution is -2.26. The van der Waals surface area contributed by atoms with E-state index in [0.29, 0.717) is 0 Å². The lowest BCUT2D eigenvalue weighted by atomic mass is 10.2. The lowest BCUT2D eigenvalue weighted by Gasteiger charge is -2.24. The molecule has 0 radical (unpaired) electrons. The first-order valence-corrected chi connectivity index (χ1v) is 6.11. The van der Waals surface area contributed by atoms with Gasteiger partial charge in [-0.15, -0.1) is 0 Å². The van der Waals surface area contributed by atoms with Crippen LogP contribution in [0, 0.1) is 6.92 Å².